The fraction of sp³-hybridized carbons (Fsp3) is 0.462. The van der Waals surface area contributed by atoms with Crippen LogP contribution < -0.4 is 10.6 Å². The molecule has 2 N–H and O–H groups in total. The maximum atomic E-state index is 4.44. The number of nitrogens with one attached hydrogen (secondary N) is 2. The van der Waals surface area contributed by atoms with Crippen molar-refractivity contribution in [3.63, 3.8) is 0 Å². The molecule has 1 aliphatic heterocycles. The van der Waals surface area contributed by atoms with Crippen molar-refractivity contribution in [2.75, 3.05) is 13.1 Å². The summed E-state index contributed by atoms with van der Waals surface area (Å²) >= 11 is 3.62. The molecule has 0 saturated heterocycles. The minimum atomic E-state index is 0.540. The second kappa shape index (κ2) is 4.69. The summed E-state index contributed by atoms with van der Waals surface area (Å²) in [7, 11) is 0. The minimum absolute atomic E-state index is 0.540. The molecule has 1 saturated carbocycles. The first-order valence-corrected chi connectivity index (χ1v) is 6.93. The summed E-state index contributed by atoms with van der Waals surface area (Å²) in [5.74, 6) is 1.60. The zero-order chi connectivity index (χ0) is 11.7. The van der Waals surface area contributed by atoms with Crippen LogP contribution in [0.5, 0.6) is 0 Å². The zero-order valence-electron chi connectivity index (χ0n) is 9.62. The molecule has 1 heterocycles. The fourth-order valence-electron chi connectivity index (χ4n) is 2.28. The number of benzene rings is 1. The number of rotatable bonds is 2. The summed E-state index contributed by atoms with van der Waals surface area (Å²) in [5, 5.41) is 6.79. The van der Waals surface area contributed by atoms with Crippen molar-refractivity contribution in [2.45, 2.75) is 24.8 Å². The Morgan fingerprint density at radius 3 is 3.00 bits per heavy atom. The summed E-state index contributed by atoms with van der Waals surface area (Å²) in [6.07, 6.45) is 2.34. The highest BCUT2D eigenvalue weighted by Gasteiger charge is 2.40. The molecule has 0 radical (unpaired) electrons. The molecule has 90 valence electrons. The van der Waals surface area contributed by atoms with Gasteiger partial charge in [-0.05, 0) is 24.5 Å². The van der Waals surface area contributed by atoms with E-state index in [9.17, 15) is 0 Å². The number of hydrogen-bond acceptors (Lipinski definition) is 3. The highest BCUT2D eigenvalue weighted by molar-refractivity contribution is 9.10. The van der Waals surface area contributed by atoms with Gasteiger partial charge in [-0.25, -0.2) is 0 Å². The lowest BCUT2D eigenvalue weighted by atomic mass is 10.1. The van der Waals surface area contributed by atoms with Crippen LogP contribution in [0.25, 0.3) is 0 Å². The Morgan fingerprint density at radius 1 is 1.35 bits per heavy atom. The van der Waals surface area contributed by atoms with Crippen molar-refractivity contribution in [3.05, 3.63) is 34.3 Å². The van der Waals surface area contributed by atoms with Gasteiger partial charge in [0.25, 0.3) is 0 Å². The van der Waals surface area contributed by atoms with Crippen LogP contribution in [0.2, 0.25) is 0 Å². The quantitative estimate of drug-likeness (QED) is 0.877. The van der Waals surface area contributed by atoms with Gasteiger partial charge in [0.15, 0.2) is 5.96 Å². The topological polar surface area (TPSA) is 36.4 Å². The largest absolute Gasteiger partial charge is 0.356 e. The molecule has 3 nitrogen and oxygen atoms in total. The molecule has 1 aliphatic carbocycles. The Kier molecular flexibility index (Phi) is 3.05. The lowest BCUT2D eigenvalue weighted by molar-refractivity contribution is 0.696. The number of aliphatic imine (C=N–C) groups is 1. The molecule has 0 unspecified atom stereocenters. The van der Waals surface area contributed by atoms with E-state index in [0.29, 0.717) is 12.0 Å². The fourth-order valence-corrected chi connectivity index (χ4v) is 2.86. The molecule has 1 fully saturated rings. The smallest absolute Gasteiger partial charge is 0.191 e. The predicted octanol–water partition coefficient (Wildman–Crippen LogP) is 2.24. The van der Waals surface area contributed by atoms with Gasteiger partial charge in [0.2, 0.25) is 0 Å². The van der Waals surface area contributed by atoms with Gasteiger partial charge < -0.3 is 10.6 Å². The molecule has 17 heavy (non-hydrogen) atoms. The average molecular weight is 294 g/mol. The third-order valence-corrected chi connectivity index (χ3v) is 4.04. The highest BCUT2D eigenvalue weighted by atomic mass is 79.9. The maximum absolute atomic E-state index is 4.44. The number of halogens is 1. The first-order chi connectivity index (χ1) is 8.34. The third kappa shape index (κ3) is 2.46. The Labute approximate surface area is 110 Å². The lowest BCUT2D eigenvalue weighted by Gasteiger charge is -2.16. The number of guanidine groups is 1. The Hall–Kier alpha value is -1.03. The second-order valence-corrected chi connectivity index (χ2v) is 5.48. The summed E-state index contributed by atoms with van der Waals surface area (Å²) in [4.78, 5) is 4.44. The van der Waals surface area contributed by atoms with Crippen LogP contribution >= 0.6 is 15.9 Å². The Morgan fingerprint density at radius 2 is 2.24 bits per heavy atom. The SMILES string of the molecule is Brc1ccccc1[C@@H]1C[C@H]1NC1=NCCCN1. The highest BCUT2D eigenvalue weighted by Crippen LogP contribution is 2.43. The molecule has 1 aromatic rings. The molecule has 2 aliphatic rings. The van der Waals surface area contributed by atoms with Gasteiger partial charge in [-0.15, -0.1) is 0 Å². The van der Waals surface area contributed by atoms with Gasteiger partial charge in [-0.1, -0.05) is 34.1 Å². The van der Waals surface area contributed by atoms with Crippen LogP contribution in [0.4, 0.5) is 0 Å². The molecule has 0 bridgehead atoms. The first-order valence-electron chi connectivity index (χ1n) is 6.14. The molecule has 0 spiro atoms. The van der Waals surface area contributed by atoms with Crippen molar-refractivity contribution in [2.24, 2.45) is 4.99 Å². The maximum Gasteiger partial charge on any atom is 0.191 e. The van der Waals surface area contributed by atoms with Gasteiger partial charge in [0, 0.05) is 29.5 Å². The summed E-state index contributed by atoms with van der Waals surface area (Å²) in [5.41, 5.74) is 1.40. The summed E-state index contributed by atoms with van der Waals surface area (Å²) < 4.78 is 1.22. The van der Waals surface area contributed by atoms with Crippen LogP contribution in [-0.2, 0) is 0 Å². The predicted molar refractivity (Wildman–Crippen MR) is 73.3 cm³/mol. The van der Waals surface area contributed by atoms with Gasteiger partial charge in [0.1, 0.15) is 0 Å². The molecular formula is C13H16BrN3. The van der Waals surface area contributed by atoms with Gasteiger partial charge in [-0.3, -0.25) is 4.99 Å². The van der Waals surface area contributed by atoms with Gasteiger partial charge in [-0.2, -0.15) is 0 Å². The second-order valence-electron chi connectivity index (χ2n) is 4.63. The summed E-state index contributed by atoms with van der Waals surface area (Å²) in [6, 6.07) is 9.02. The minimum Gasteiger partial charge on any atom is -0.356 e. The van der Waals surface area contributed by atoms with Crippen LogP contribution in [0.3, 0.4) is 0 Å². The Bertz CT molecular complexity index is 444. The molecule has 0 amide bonds. The monoisotopic (exact) mass is 293 g/mol. The van der Waals surface area contributed by atoms with E-state index in [1.165, 1.54) is 16.5 Å². The van der Waals surface area contributed by atoms with Crippen molar-refractivity contribution >= 4 is 21.9 Å². The van der Waals surface area contributed by atoms with E-state index in [-0.39, 0.29) is 0 Å². The molecule has 4 heteroatoms. The van der Waals surface area contributed by atoms with E-state index in [1.54, 1.807) is 0 Å². The van der Waals surface area contributed by atoms with Crippen molar-refractivity contribution in [1.29, 1.82) is 0 Å². The lowest BCUT2D eigenvalue weighted by Crippen LogP contribution is -2.42. The van der Waals surface area contributed by atoms with Crippen molar-refractivity contribution in [3.8, 4) is 0 Å². The van der Waals surface area contributed by atoms with Gasteiger partial charge in [0.05, 0.1) is 0 Å². The van der Waals surface area contributed by atoms with Crippen LogP contribution in [0.1, 0.15) is 24.3 Å². The number of nitrogens with zero attached hydrogens (tertiary/aromatic N) is 1. The molecule has 0 aromatic heterocycles. The van der Waals surface area contributed by atoms with E-state index in [4.69, 9.17) is 0 Å². The average Bonchev–Trinajstić information content (AvgIpc) is 3.10. The van der Waals surface area contributed by atoms with E-state index in [1.807, 2.05) is 0 Å². The molecular weight excluding hydrogens is 278 g/mol. The standard InChI is InChI=1S/C13H16BrN3/c14-11-5-2-1-4-9(11)10-8-12(10)17-13-15-6-3-7-16-13/h1-2,4-5,10,12H,3,6-8H2,(H2,15,16,17)/t10-,12+/m0/s1. The number of hydrogen-bond donors (Lipinski definition) is 2. The normalized spacial score (nSPS) is 27.0. The first kappa shape index (κ1) is 11.1. The third-order valence-electron chi connectivity index (χ3n) is 3.31. The van der Waals surface area contributed by atoms with Crippen LogP contribution in [-0.4, -0.2) is 25.1 Å². The van der Waals surface area contributed by atoms with Crippen molar-refractivity contribution in [1.82, 2.24) is 10.6 Å². The van der Waals surface area contributed by atoms with E-state index < -0.39 is 0 Å². The van der Waals surface area contributed by atoms with Crippen LogP contribution in [0, 0.1) is 0 Å². The van der Waals surface area contributed by atoms with E-state index >= 15 is 0 Å². The Balaban J connectivity index is 1.63. The summed E-state index contributed by atoms with van der Waals surface area (Å²) in [6.45, 7) is 1.99. The van der Waals surface area contributed by atoms with E-state index in [0.717, 1.165) is 25.5 Å². The van der Waals surface area contributed by atoms with E-state index in [2.05, 4.69) is 55.8 Å². The van der Waals surface area contributed by atoms with Crippen molar-refractivity contribution < 1.29 is 0 Å². The molecule has 2 atom stereocenters. The van der Waals surface area contributed by atoms with Gasteiger partial charge >= 0.3 is 0 Å². The zero-order valence-corrected chi connectivity index (χ0v) is 11.2. The molecule has 1 aromatic carbocycles. The molecule has 3 rings (SSSR count). The van der Waals surface area contributed by atoms with Crippen LogP contribution in [0.15, 0.2) is 33.7 Å².